The van der Waals surface area contributed by atoms with Crippen LogP contribution in [-0.4, -0.2) is 47.3 Å². The molecule has 2 aliphatic rings. The van der Waals surface area contributed by atoms with Gasteiger partial charge in [0.05, 0.1) is 0 Å². The van der Waals surface area contributed by atoms with Gasteiger partial charge in [-0.25, -0.2) is 4.79 Å². The number of amides is 4. The van der Waals surface area contributed by atoms with Gasteiger partial charge in [-0.2, -0.15) is 0 Å². The quantitative estimate of drug-likeness (QED) is 0.857. The first-order valence-electron chi connectivity index (χ1n) is 8.56. The first-order valence-corrected chi connectivity index (χ1v) is 8.56. The van der Waals surface area contributed by atoms with E-state index in [2.05, 4.69) is 5.32 Å². The molecule has 0 aliphatic carbocycles. The third-order valence-electron chi connectivity index (χ3n) is 4.97. The molecule has 4 amide bonds. The minimum atomic E-state index is -1.07. The van der Waals surface area contributed by atoms with Gasteiger partial charge in [0.15, 0.2) is 0 Å². The van der Waals surface area contributed by atoms with E-state index in [1.165, 1.54) is 0 Å². The largest absolute Gasteiger partial charge is 0.341 e. The Labute approximate surface area is 141 Å². The van der Waals surface area contributed by atoms with Gasteiger partial charge < -0.3 is 10.2 Å². The molecular formula is C18H23N3O3. The molecule has 0 aromatic heterocycles. The summed E-state index contributed by atoms with van der Waals surface area (Å²) < 4.78 is 0. The monoisotopic (exact) mass is 329 g/mol. The van der Waals surface area contributed by atoms with Gasteiger partial charge >= 0.3 is 6.03 Å². The van der Waals surface area contributed by atoms with E-state index in [-0.39, 0.29) is 18.4 Å². The number of hydrogen-bond acceptors (Lipinski definition) is 3. The van der Waals surface area contributed by atoms with Crippen molar-refractivity contribution >= 4 is 17.8 Å². The average molecular weight is 329 g/mol. The maximum Gasteiger partial charge on any atom is 0.325 e. The highest BCUT2D eigenvalue weighted by Gasteiger charge is 2.51. The van der Waals surface area contributed by atoms with E-state index in [0.717, 1.165) is 29.7 Å². The van der Waals surface area contributed by atoms with Gasteiger partial charge in [-0.3, -0.25) is 14.5 Å². The fourth-order valence-corrected chi connectivity index (χ4v) is 3.51. The molecule has 0 saturated carbocycles. The van der Waals surface area contributed by atoms with Gasteiger partial charge in [0.25, 0.3) is 5.91 Å². The number of carbonyl (C=O) groups is 3. The Kier molecular flexibility index (Phi) is 4.55. The van der Waals surface area contributed by atoms with E-state index in [9.17, 15) is 14.4 Å². The maximum atomic E-state index is 13.0. The lowest BCUT2D eigenvalue weighted by Gasteiger charge is -2.28. The lowest BCUT2D eigenvalue weighted by molar-refractivity contribution is -0.139. The number of urea groups is 1. The lowest BCUT2D eigenvalue weighted by atomic mass is 9.87. The van der Waals surface area contributed by atoms with Crippen molar-refractivity contribution in [2.24, 2.45) is 0 Å². The summed E-state index contributed by atoms with van der Waals surface area (Å²) in [5.74, 6) is -0.496. The summed E-state index contributed by atoms with van der Waals surface area (Å²) in [7, 11) is 0. The van der Waals surface area contributed by atoms with Crippen LogP contribution in [0.25, 0.3) is 0 Å². The second-order valence-corrected chi connectivity index (χ2v) is 6.39. The highest BCUT2D eigenvalue weighted by Crippen LogP contribution is 2.32. The van der Waals surface area contributed by atoms with Crippen LogP contribution in [0, 0.1) is 0 Å². The van der Waals surface area contributed by atoms with Crippen molar-refractivity contribution in [3.05, 3.63) is 35.9 Å². The Balaban J connectivity index is 1.79. The number of nitrogens with one attached hydrogen (secondary N) is 1. The molecule has 1 N–H and O–H groups in total. The number of nitrogens with zero attached hydrogens (tertiary/aromatic N) is 2. The van der Waals surface area contributed by atoms with Gasteiger partial charge in [-0.1, -0.05) is 37.3 Å². The van der Waals surface area contributed by atoms with E-state index >= 15 is 0 Å². The van der Waals surface area contributed by atoms with Crippen LogP contribution in [0.4, 0.5) is 4.79 Å². The zero-order valence-corrected chi connectivity index (χ0v) is 14.0. The standard InChI is InChI=1S/C18H23N3O3/c1-2-18(14-9-5-3-6-10-14)16(23)21(17(24)19-18)13-15(22)20-11-7-4-8-12-20/h3,5-6,9-10H,2,4,7-8,11-13H2,1H3,(H,19,24)/t18-/m1/s1. The van der Waals surface area contributed by atoms with Gasteiger partial charge in [-0.05, 0) is 31.2 Å². The molecule has 1 aromatic rings. The lowest BCUT2D eigenvalue weighted by Crippen LogP contribution is -2.46. The molecule has 0 bridgehead atoms. The topological polar surface area (TPSA) is 69.7 Å². The summed E-state index contributed by atoms with van der Waals surface area (Å²) in [5, 5.41) is 2.81. The first kappa shape index (κ1) is 16.5. The zero-order valence-electron chi connectivity index (χ0n) is 14.0. The van der Waals surface area contributed by atoms with E-state index in [1.807, 2.05) is 37.3 Å². The molecule has 2 aliphatic heterocycles. The van der Waals surface area contributed by atoms with E-state index in [4.69, 9.17) is 0 Å². The predicted octanol–water partition coefficient (Wildman–Crippen LogP) is 1.86. The number of hydrogen-bond donors (Lipinski definition) is 1. The Morgan fingerprint density at radius 1 is 1.12 bits per heavy atom. The molecule has 2 saturated heterocycles. The van der Waals surface area contributed by atoms with Crippen LogP contribution in [0.2, 0.25) is 0 Å². The summed E-state index contributed by atoms with van der Waals surface area (Å²) in [4.78, 5) is 40.6. The number of likely N-dealkylation sites (tertiary alicyclic amines) is 1. The molecule has 3 rings (SSSR count). The van der Waals surface area contributed by atoms with Crippen LogP contribution in [0.3, 0.4) is 0 Å². The fraction of sp³-hybridized carbons (Fsp3) is 0.500. The second-order valence-electron chi connectivity index (χ2n) is 6.39. The molecule has 0 unspecified atom stereocenters. The SMILES string of the molecule is CC[C@]1(c2ccccc2)NC(=O)N(CC(=O)N2CCCCC2)C1=O. The van der Waals surface area contributed by atoms with Gasteiger partial charge in [0, 0.05) is 13.1 Å². The molecular weight excluding hydrogens is 306 g/mol. The summed E-state index contributed by atoms with van der Waals surface area (Å²) in [5.41, 5.74) is -0.320. The van der Waals surface area contributed by atoms with Gasteiger partial charge in [0.2, 0.25) is 5.91 Å². The van der Waals surface area contributed by atoms with Crippen LogP contribution in [0.15, 0.2) is 30.3 Å². The minimum absolute atomic E-state index is 0.154. The minimum Gasteiger partial charge on any atom is -0.341 e. The maximum absolute atomic E-state index is 13.0. The third-order valence-corrected chi connectivity index (χ3v) is 4.97. The smallest absolute Gasteiger partial charge is 0.325 e. The van der Waals surface area contributed by atoms with Crippen LogP contribution >= 0.6 is 0 Å². The highest BCUT2D eigenvalue weighted by molar-refractivity contribution is 6.09. The number of imide groups is 1. The zero-order chi connectivity index (χ0) is 17.2. The van der Waals surface area contributed by atoms with Crippen molar-refractivity contribution in [1.29, 1.82) is 0 Å². The first-order chi connectivity index (χ1) is 11.6. The molecule has 1 aromatic carbocycles. The predicted molar refractivity (Wildman–Crippen MR) is 89.1 cm³/mol. The Morgan fingerprint density at radius 3 is 2.42 bits per heavy atom. The summed E-state index contributed by atoms with van der Waals surface area (Å²) >= 11 is 0. The molecule has 2 fully saturated rings. The number of piperidine rings is 1. The van der Waals surface area contributed by atoms with Crippen molar-refractivity contribution < 1.29 is 14.4 Å². The van der Waals surface area contributed by atoms with Crippen molar-refractivity contribution in [2.75, 3.05) is 19.6 Å². The van der Waals surface area contributed by atoms with Gasteiger partial charge in [0.1, 0.15) is 12.1 Å². The van der Waals surface area contributed by atoms with E-state index in [0.29, 0.717) is 19.5 Å². The second kappa shape index (κ2) is 6.63. The number of rotatable bonds is 4. The van der Waals surface area contributed by atoms with Gasteiger partial charge in [-0.15, -0.1) is 0 Å². The third kappa shape index (κ3) is 2.77. The summed E-state index contributed by atoms with van der Waals surface area (Å²) in [6.45, 7) is 3.10. The number of carbonyl (C=O) groups excluding carboxylic acids is 3. The Morgan fingerprint density at radius 2 is 1.79 bits per heavy atom. The van der Waals surface area contributed by atoms with E-state index < -0.39 is 11.6 Å². The Hall–Kier alpha value is -2.37. The molecule has 2 heterocycles. The van der Waals surface area contributed by atoms with Crippen molar-refractivity contribution in [3.8, 4) is 0 Å². The molecule has 1 atom stereocenters. The normalized spacial score (nSPS) is 24.2. The number of benzene rings is 1. The van der Waals surface area contributed by atoms with Crippen molar-refractivity contribution in [3.63, 3.8) is 0 Å². The fourth-order valence-electron chi connectivity index (χ4n) is 3.51. The Bertz CT molecular complexity index is 640. The highest BCUT2D eigenvalue weighted by atomic mass is 16.2. The summed E-state index contributed by atoms with van der Waals surface area (Å²) in [6.07, 6.45) is 3.53. The van der Waals surface area contributed by atoms with Crippen LogP contribution < -0.4 is 5.32 Å². The molecule has 6 heteroatoms. The molecule has 128 valence electrons. The molecule has 0 radical (unpaired) electrons. The molecule has 24 heavy (non-hydrogen) atoms. The molecule has 0 spiro atoms. The van der Waals surface area contributed by atoms with Crippen molar-refractivity contribution in [1.82, 2.24) is 15.1 Å². The average Bonchev–Trinajstić information content (AvgIpc) is 2.88. The van der Waals surface area contributed by atoms with Crippen LogP contribution in [-0.2, 0) is 15.1 Å². The summed E-state index contributed by atoms with van der Waals surface area (Å²) in [6, 6.07) is 8.72. The van der Waals surface area contributed by atoms with Crippen LogP contribution in [0.5, 0.6) is 0 Å². The molecule has 6 nitrogen and oxygen atoms in total. The van der Waals surface area contributed by atoms with Crippen molar-refractivity contribution in [2.45, 2.75) is 38.1 Å². The van der Waals surface area contributed by atoms with E-state index in [1.54, 1.807) is 4.90 Å². The van der Waals surface area contributed by atoms with Crippen LogP contribution in [0.1, 0.15) is 38.2 Å².